The van der Waals surface area contributed by atoms with Crippen molar-refractivity contribution >= 4 is 0 Å². The molecule has 64 valence electrons. The molecule has 1 unspecified atom stereocenters. The Kier molecular flexibility index (Phi) is 1.75. The summed E-state index contributed by atoms with van der Waals surface area (Å²) in [5, 5.41) is 20.8. The molecule has 1 aromatic rings. The summed E-state index contributed by atoms with van der Waals surface area (Å²) in [7, 11) is 0. The number of hydrogen-bond donors (Lipinski definition) is 3. The van der Waals surface area contributed by atoms with E-state index in [4.69, 9.17) is 0 Å². The van der Waals surface area contributed by atoms with Gasteiger partial charge in [0, 0.05) is 5.56 Å². The Bertz CT molecular complexity index is 299. The van der Waals surface area contributed by atoms with Crippen molar-refractivity contribution in [3.8, 4) is 5.75 Å². The van der Waals surface area contributed by atoms with Crippen LogP contribution in [0, 0.1) is 0 Å². The van der Waals surface area contributed by atoms with Crippen LogP contribution in [-0.2, 0) is 6.54 Å². The summed E-state index contributed by atoms with van der Waals surface area (Å²) in [5.74, 6) is 0.231. The highest BCUT2D eigenvalue weighted by Gasteiger charge is 2.20. The molecule has 2 rings (SSSR count). The quantitative estimate of drug-likeness (QED) is 0.487. The first kappa shape index (κ1) is 7.58. The van der Waals surface area contributed by atoms with Gasteiger partial charge >= 0.3 is 0 Å². The third-order valence-electron chi connectivity index (χ3n) is 2.24. The van der Waals surface area contributed by atoms with Crippen LogP contribution in [0.1, 0.15) is 17.2 Å². The first-order valence-electron chi connectivity index (χ1n) is 4.09. The standard InChI is InChI=1S/C9H11NO2/c11-7-2-1-6-4-10-5-9(12)8(6)3-7/h1-3,9-12H,4-5H2/p+1. The number of phenolic OH excluding ortho intramolecular Hbond substituents is 1. The summed E-state index contributed by atoms with van der Waals surface area (Å²) in [6, 6.07) is 5.17. The van der Waals surface area contributed by atoms with Gasteiger partial charge in [0.05, 0.1) is 0 Å². The number of benzene rings is 1. The van der Waals surface area contributed by atoms with E-state index in [0.717, 1.165) is 17.7 Å². The molecule has 3 heteroatoms. The van der Waals surface area contributed by atoms with Crippen molar-refractivity contribution < 1.29 is 15.5 Å². The van der Waals surface area contributed by atoms with Gasteiger partial charge in [-0.05, 0) is 23.8 Å². The van der Waals surface area contributed by atoms with E-state index in [2.05, 4.69) is 5.32 Å². The molecular formula is C9H12NO2+. The topological polar surface area (TPSA) is 57.1 Å². The summed E-state index contributed by atoms with van der Waals surface area (Å²) >= 11 is 0. The number of aliphatic hydroxyl groups excluding tert-OH is 1. The summed E-state index contributed by atoms with van der Waals surface area (Å²) in [5.41, 5.74) is 1.99. The molecule has 0 aliphatic carbocycles. The second kappa shape index (κ2) is 2.77. The minimum absolute atomic E-state index is 0.231. The molecule has 1 atom stereocenters. The Morgan fingerprint density at radius 1 is 1.42 bits per heavy atom. The minimum atomic E-state index is -0.430. The molecule has 12 heavy (non-hydrogen) atoms. The van der Waals surface area contributed by atoms with Gasteiger partial charge in [-0.3, -0.25) is 0 Å². The number of fused-ring (bicyclic) bond motifs is 1. The molecule has 0 bridgehead atoms. The summed E-state index contributed by atoms with van der Waals surface area (Å²) in [6.07, 6.45) is -0.430. The number of phenols is 1. The van der Waals surface area contributed by atoms with Crippen LogP contribution in [0.4, 0.5) is 0 Å². The number of quaternary nitrogens is 1. The number of aliphatic hydroxyl groups is 1. The molecule has 3 nitrogen and oxygen atoms in total. The van der Waals surface area contributed by atoms with Gasteiger partial charge in [0.2, 0.25) is 0 Å². The lowest BCUT2D eigenvalue weighted by Crippen LogP contribution is -2.85. The summed E-state index contributed by atoms with van der Waals surface area (Å²) in [6.45, 7) is 1.59. The lowest BCUT2D eigenvalue weighted by Gasteiger charge is -2.19. The Morgan fingerprint density at radius 3 is 3.08 bits per heavy atom. The number of nitrogens with two attached hydrogens (primary N) is 1. The van der Waals surface area contributed by atoms with Crippen LogP contribution in [0.5, 0.6) is 5.75 Å². The number of aromatic hydroxyl groups is 1. The molecule has 0 saturated carbocycles. The predicted octanol–water partition coefficient (Wildman–Crippen LogP) is -0.497. The van der Waals surface area contributed by atoms with Gasteiger partial charge in [0.15, 0.2) is 0 Å². The Balaban J connectivity index is 2.47. The Hall–Kier alpha value is -1.06. The van der Waals surface area contributed by atoms with Crippen LogP contribution in [0.15, 0.2) is 18.2 Å². The zero-order valence-electron chi connectivity index (χ0n) is 6.70. The average Bonchev–Trinajstić information content (AvgIpc) is 2.07. The molecule has 1 aliphatic heterocycles. The highest BCUT2D eigenvalue weighted by Crippen LogP contribution is 2.23. The van der Waals surface area contributed by atoms with Gasteiger partial charge in [-0.2, -0.15) is 0 Å². The van der Waals surface area contributed by atoms with Crippen LogP contribution in [-0.4, -0.2) is 16.8 Å². The molecule has 1 aromatic carbocycles. The maximum absolute atomic E-state index is 9.54. The lowest BCUT2D eigenvalue weighted by molar-refractivity contribution is -0.681. The molecule has 0 spiro atoms. The van der Waals surface area contributed by atoms with Crippen molar-refractivity contribution in [1.82, 2.24) is 0 Å². The van der Waals surface area contributed by atoms with Crippen LogP contribution in [0.25, 0.3) is 0 Å². The number of rotatable bonds is 0. The molecule has 1 aliphatic rings. The maximum atomic E-state index is 9.54. The van der Waals surface area contributed by atoms with Gasteiger partial charge in [-0.1, -0.05) is 0 Å². The van der Waals surface area contributed by atoms with Gasteiger partial charge in [0.25, 0.3) is 0 Å². The average molecular weight is 166 g/mol. The molecule has 0 radical (unpaired) electrons. The molecule has 0 saturated heterocycles. The first-order chi connectivity index (χ1) is 5.77. The van der Waals surface area contributed by atoms with Crippen LogP contribution >= 0.6 is 0 Å². The van der Waals surface area contributed by atoms with E-state index in [1.807, 2.05) is 6.07 Å². The molecule has 4 N–H and O–H groups in total. The zero-order valence-corrected chi connectivity index (χ0v) is 6.70. The largest absolute Gasteiger partial charge is 0.508 e. The zero-order chi connectivity index (χ0) is 8.55. The van der Waals surface area contributed by atoms with Crippen molar-refractivity contribution in [2.75, 3.05) is 6.54 Å². The van der Waals surface area contributed by atoms with Crippen molar-refractivity contribution in [2.24, 2.45) is 0 Å². The summed E-state index contributed by atoms with van der Waals surface area (Å²) in [4.78, 5) is 0. The van der Waals surface area contributed by atoms with Crippen molar-refractivity contribution in [2.45, 2.75) is 12.6 Å². The number of hydrogen-bond acceptors (Lipinski definition) is 2. The summed E-state index contributed by atoms with van der Waals surface area (Å²) < 4.78 is 0. The third kappa shape index (κ3) is 1.17. The van der Waals surface area contributed by atoms with Gasteiger partial charge in [-0.25, -0.2) is 0 Å². The second-order valence-corrected chi connectivity index (χ2v) is 3.13. The van der Waals surface area contributed by atoms with E-state index >= 15 is 0 Å². The fourth-order valence-electron chi connectivity index (χ4n) is 1.60. The van der Waals surface area contributed by atoms with E-state index < -0.39 is 6.10 Å². The Morgan fingerprint density at radius 2 is 2.25 bits per heavy atom. The van der Waals surface area contributed by atoms with Crippen molar-refractivity contribution in [3.63, 3.8) is 0 Å². The van der Waals surface area contributed by atoms with E-state index in [1.165, 1.54) is 0 Å². The predicted molar refractivity (Wildman–Crippen MR) is 43.6 cm³/mol. The normalized spacial score (nSPS) is 21.9. The SMILES string of the molecule is Oc1ccc2c(c1)C(O)C[NH2+]C2. The maximum Gasteiger partial charge on any atom is 0.128 e. The molecule has 0 amide bonds. The van der Waals surface area contributed by atoms with Crippen LogP contribution in [0.2, 0.25) is 0 Å². The van der Waals surface area contributed by atoms with Gasteiger partial charge in [0.1, 0.15) is 24.9 Å². The highest BCUT2D eigenvalue weighted by atomic mass is 16.3. The molecule has 1 heterocycles. The van der Waals surface area contributed by atoms with E-state index in [9.17, 15) is 10.2 Å². The fraction of sp³-hybridized carbons (Fsp3) is 0.333. The van der Waals surface area contributed by atoms with E-state index in [0.29, 0.717) is 6.54 Å². The Labute approximate surface area is 70.7 Å². The van der Waals surface area contributed by atoms with Crippen molar-refractivity contribution in [3.05, 3.63) is 29.3 Å². The first-order valence-corrected chi connectivity index (χ1v) is 4.09. The molecular weight excluding hydrogens is 154 g/mol. The van der Waals surface area contributed by atoms with E-state index in [-0.39, 0.29) is 5.75 Å². The fourth-order valence-corrected chi connectivity index (χ4v) is 1.60. The second-order valence-electron chi connectivity index (χ2n) is 3.13. The molecule has 0 aromatic heterocycles. The van der Waals surface area contributed by atoms with E-state index in [1.54, 1.807) is 12.1 Å². The monoisotopic (exact) mass is 166 g/mol. The minimum Gasteiger partial charge on any atom is -0.508 e. The van der Waals surface area contributed by atoms with Gasteiger partial charge < -0.3 is 15.5 Å². The highest BCUT2D eigenvalue weighted by molar-refractivity contribution is 5.36. The van der Waals surface area contributed by atoms with Crippen LogP contribution in [0.3, 0.4) is 0 Å². The lowest BCUT2D eigenvalue weighted by atomic mass is 9.99. The van der Waals surface area contributed by atoms with Gasteiger partial charge in [-0.15, -0.1) is 0 Å². The van der Waals surface area contributed by atoms with Crippen molar-refractivity contribution in [1.29, 1.82) is 0 Å². The van der Waals surface area contributed by atoms with Crippen LogP contribution < -0.4 is 5.32 Å². The smallest absolute Gasteiger partial charge is 0.128 e. The molecule has 0 fully saturated rings. The third-order valence-corrected chi connectivity index (χ3v) is 2.24.